The van der Waals surface area contributed by atoms with E-state index in [9.17, 15) is 14.7 Å². The van der Waals surface area contributed by atoms with Crippen LogP contribution in [0, 0.1) is 23.2 Å². The van der Waals surface area contributed by atoms with E-state index in [1.807, 2.05) is 13.0 Å². The van der Waals surface area contributed by atoms with Crippen molar-refractivity contribution in [2.24, 2.45) is 23.2 Å². The molecule has 2 amide bonds. The van der Waals surface area contributed by atoms with Gasteiger partial charge < -0.3 is 10.4 Å². The van der Waals surface area contributed by atoms with Crippen LogP contribution in [0.2, 0.25) is 0 Å². The van der Waals surface area contributed by atoms with Gasteiger partial charge in [-0.25, -0.2) is 4.79 Å². The summed E-state index contributed by atoms with van der Waals surface area (Å²) in [5, 5.41) is 13.1. The van der Waals surface area contributed by atoms with E-state index in [1.165, 1.54) is 10.5 Å². The van der Waals surface area contributed by atoms with Gasteiger partial charge in [-0.2, -0.15) is 0 Å². The predicted octanol–water partition coefficient (Wildman–Crippen LogP) is 4.84. The first-order chi connectivity index (χ1) is 15.6. The first-order valence-electron chi connectivity index (χ1n) is 12.6. The predicted molar refractivity (Wildman–Crippen MR) is 132 cm³/mol. The molecule has 6 heteroatoms. The molecule has 6 nitrogen and oxygen atoms in total. The molecule has 2 aliphatic rings. The lowest BCUT2D eigenvalue weighted by Gasteiger charge is -2.33. The number of fused-ring (bicyclic) bond motifs is 1. The summed E-state index contributed by atoms with van der Waals surface area (Å²) in [5.41, 5.74) is 1.47. The second kappa shape index (κ2) is 10.9. The molecule has 0 aromatic heterocycles. The fourth-order valence-corrected chi connectivity index (χ4v) is 6.16. The minimum atomic E-state index is -1.01. The zero-order chi connectivity index (χ0) is 24.2. The van der Waals surface area contributed by atoms with Crippen molar-refractivity contribution in [1.82, 2.24) is 15.1 Å². The summed E-state index contributed by atoms with van der Waals surface area (Å²) in [6.07, 6.45) is 2.62. The van der Waals surface area contributed by atoms with Gasteiger partial charge in [0.05, 0.1) is 0 Å². The van der Waals surface area contributed by atoms with Gasteiger partial charge >= 0.3 is 6.09 Å². The lowest BCUT2D eigenvalue weighted by atomic mass is 9.82. The van der Waals surface area contributed by atoms with Crippen LogP contribution >= 0.6 is 0 Å². The van der Waals surface area contributed by atoms with E-state index in [4.69, 9.17) is 0 Å². The van der Waals surface area contributed by atoms with Crippen molar-refractivity contribution >= 4 is 12.0 Å². The summed E-state index contributed by atoms with van der Waals surface area (Å²) >= 11 is 0. The average Bonchev–Trinajstić information content (AvgIpc) is 3.28. The second-order valence-corrected chi connectivity index (χ2v) is 11.5. The molecule has 0 radical (unpaired) electrons. The van der Waals surface area contributed by atoms with Crippen LogP contribution < -0.4 is 5.32 Å². The van der Waals surface area contributed by atoms with Gasteiger partial charge in [-0.3, -0.25) is 14.6 Å². The molecule has 0 spiro atoms. The molecule has 3 rings (SSSR count). The number of carbonyl (C=O) groups is 2. The van der Waals surface area contributed by atoms with Gasteiger partial charge in [0.15, 0.2) is 0 Å². The molecule has 1 aliphatic carbocycles. The minimum Gasteiger partial charge on any atom is -0.465 e. The largest absolute Gasteiger partial charge is 0.465 e. The summed E-state index contributed by atoms with van der Waals surface area (Å²) in [4.78, 5) is 29.2. The number of likely N-dealkylation sites (tertiary alicyclic amines) is 1. The molecular weight excluding hydrogens is 414 g/mol. The fourth-order valence-electron chi connectivity index (χ4n) is 6.16. The van der Waals surface area contributed by atoms with Crippen LogP contribution in [0.25, 0.3) is 0 Å². The SMILES string of the molecule is CCN(C(=O)O)C(C[C@H](C)CC(C)(C)C)C(=O)N[C@H]1CC[C@@H]2CN(Cc3ccccc3)C[C@@H]21. The van der Waals surface area contributed by atoms with E-state index >= 15 is 0 Å². The number of nitrogens with zero attached hydrogens (tertiary/aromatic N) is 2. The van der Waals surface area contributed by atoms with Crippen molar-refractivity contribution in [3.63, 3.8) is 0 Å². The number of amides is 2. The number of nitrogens with one attached hydrogen (secondary N) is 1. The molecule has 1 saturated carbocycles. The zero-order valence-corrected chi connectivity index (χ0v) is 21.1. The summed E-state index contributed by atoms with van der Waals surface area (Å²) in [6.45, 7) is 13.8. The number of carbonyl (C=O) groups excluding carboxylic acids is 1. The lowest BCUT2D eigenvalue weighted by Crippen LogP contribution is -2.53. The first kappa shape index (κ1) is 25.5. The van der Waals surface area contributed by atoms with Crippen LogP contribution in [0.5, 0.6) is 0 Å². The smallest absolute Gasteiger partial charge is 0.407 e. The molecule has 2 N–H and O–H groups in total. The highest BCUT2D eigenvalue weighted by Crippen LogP contribution is 2.39. The number of hydrogen-bond acceptors (Lipinski definition) is 3. The van der Waals surface area contributed by atoms with Crippen molar-refractivity contribution in [3.8, 4) is 0 Å². The van der Waals surface area contributed by atoms with Crippen LogP contribution in [0.1, 0.15) is 65.9 Å². The maximum atomic E-state index is 13.4. The zero-order valence-electron chi connectivity index (χ0n) is 21.1. The molecule has 1 aromatic rings. The quantitative estimate of drug-likeness (QED) is 0.556. The number of benzene rings is 1. The molecule has 5 atom stereocenters. The summed E-state index contributed by atoms with van der Waals surface area (Å²) in [6, 6.07) is 10.0. The Morgan fingerprint density at radius 2 is 1.88 bits per heavy atom. The molecule has 1 aromatic carbocycles. The number of rotatable bonds is 9. The third-order valence-electron chi connectivity index (χ3n) is 7.36. The van der Waals surface area contributed by atoms with Gasteiger partial charge in [-0.1, -0.05) is 58.0 Å². The summed E-state index contributed by atoms with van der Waals surface area (Å²) in [7, 11) is 0. The number of carboxylic acid groups (broad SMARTS) is 1. The third kappa shape index (κ3) is 6.95. The lowest BCUT2D eigenvalue weighted by molar-refractivity contribution is -0.127. The first-order valence-corrected chi connectivity index (χ1v) is 12.6. The molecule has 2 fully saturated rings. The molecule has 1 heterocycles. The van der Waals surface area contributed by atoms with Gasteiger partial charge in [0.2, 0.25) is 5.91 Å². The standard InChI is InChI=1S/C27H43N3O3/c1-6-30(26(32)33)24(14-19(2)15-27(3,4)5)25(31)28-23-13-12-21-17-29(18-22(21)23)16-20-10-8-7-9-11-20/h7-11,19,21-24H,6,12-18H2,1-5H3,(H,28,31)(H,32,33)/t19-,21+,22-,23-,24?/m0/s1. The Balaban J connectivity index is 1.64. The molecule has 33 heavy (non-hydrogen) atoms. The molecule has 0 bridgehead atoms. The van der Waals surface area contributed by atoms with E-state index in [0.717, 1.165) is 38.9 Å². The normalized spacial score (nSPS) is 24.8. The van der Waals surface area contributed by atoms with Crippen molar-refractivity contribution in [2.45, 2.75) is 78.9 Å². The Kier molecular flexibility index (Phi) is 8.43. The molecule has 1 aliphatic heterocycles. The number of hydrogen-bond donors (Lipinski definition) is 2. The summed E-state index contributed by atoms with van der Waals surface area (Å²) < 4.78 is 0. The fraction of sp³-hybridized carbons (Fsp3) is 0.704. The Hall–Kier alpha value is -2.08. The van der Waals surface area contributed by atoms with E-state index in [-0.39, 0.29) is 23.3 Å². The summed E-state index contributed by atoms with van der Waals surface area (Å²) in [5.74, 6) is 1.20. The van der Waals surface area contributed by atoms with Crippen molar-refractivity contribution in [2.75, 3.05) is 19.6 Å². The average molecular weight is 458 g/mol. The topological polar surface area (TPSA) is 72.9 Å². The Morgan fingerprint density at radius 1 is 1.18 bits per heavy atom. The minimum absolute atomic E-state index is 0.118. The Labute approximate surface area is 199 Å². The monoisotopic (exact) mass is 457 g/mol. The van der Waals surface area contributed by atoms with Crippen LogP contribution in [0.3, 0.4) is 0 Å². The molecule has 1 unspecified atom stereocenters. The van der Waals surface area contributed by atoms with E-state index in [1.54, 1.807) is 0 Å². The van der Waals surface area contributed by atoms with E-state index in [2.05, 4.69) is 62.2 Å². The van der Waals surface area contributed by atoms with Gasteiger partial charge in [-0.05, 0) is 61.3 Å². The van der Waals surface area contributed by atoms with Crippen LogP contribution in [0.4, 0.5) is 4.79 Å². The van der Waals surface area contributed by atoms with Crippen molar-refractivity contribution < 1.29 is 14.7 Å². The molecule has 184 valence electrons. The Bertz CT molecular complexity index is 792. The van der Waals surface area contributed by atoms with Gasteiger partial charge in [-0.15, -0.1) is 0 Å². The van der Waals surface area contributed by atoms with Crippen LogP contribution in [-0.2, 0) is 11.3 Å². The Morgan fingerprint density at radius 3 is 2.48 bits per heavy atom. The van der Waals surface area contributed by atoms with Crippen molar-refractivity contribution in [1.29, 1.82) is 0 Å². The maximum Gasteiger partial charge on any atom is 0.407 e. The molecule has 1 saturated heterocycles. The maximum absolute atomic E-state index is 13.4. The highest BCUT2D eigenvalue weighted by molar-refractivity contribution is 5.85. The van der Waals surface area contributed by atoms with Crippen LogP contribution in [-0.4, -0.2) is 58.6 Å². The van der Waals surface area contributed by atoms with Crippen LogP contribution in [0.15, 0.2) is 30.3 Å². The third-order valence-corrected chi connectivity index (χ3v) is 7.36. The molecular formula is C27H43N3O3. The van der Waals surface area contributed by atoms with Gasteiger partial charge in [0, 0.05) is 32.2 Å². The van der Waals surface area contributed by atoms with Gasteiger partial charge in [0.1, 0.15) is 6.04 Å². The highest BCUT2D eigenvalue weighted by atomic mass is 16.4. The van der Waals surface area contributed by atoms with Crippen molar-refractivity contribution in [3.05, 3.63) is 35.9 Å². The number of likely N-dealkylation sites (N-methyl/N-ethyl adjacent to an activating group) is 1. The van der Waals surface area contributed by atoms with E-state index in [0.29, 0.717) is 24.8 Å². The van der Waals surface area contributed by atoms with E-state index < -0.39 is 12.1 Å². The highest BCUT2D eigenvalue weighted by Gasteiger charge is 2.44. The van der Waals surface area contributed by atoms with Gasteiger partial charge in [0.25, 0.3) is 0 Å². The second-order valence-electron chi connectivity index (χ2n) is 11.5.